The molecule has 0 heterocycles. The van der Waals surface area contributed by atoms with E-state index in [9.17, 15) is 19.5 Å². The summed E-state index contributed by atoms with van der Waals surface area (Å²) >= 11 is 1.53. The number of aliphatic carboxylic acids is 1. The molecule has 5 N–H and O–H groups in total. The maximum Gasteiger partial charge on any atom is 0.329 e. The van der Waals surface area contributed by atoms with Crippen LogP contribution in [0.1, 0.15) is 32.1 Å². The van der Waals surface area contributed by atoms with E-state index in [1.807, 2.05) is 6.26 Å². The van der Waals surface area contributed by atoms with Crippen molar-refractivity contribution in [2.45, 2.75) is 43.7 Å². The molecular formula is C12H21N3O4S. The summed E-state index contributed by atoms with van der Waals surface area (Å²) in [5.74, 6) is -0.841. The summed E-state index contributed by atoms with van der Waals surface area (Å²) in [7, 11) is 0. The number of amides is 3. The molecule has 1 atom stereocenters. The van der Waals surface area contributed by atoms with Gasteiger partial charge in [-0.25, -0.2) is 9.59 Å². The Balaban J connectivity index is 2.72. The first-order chi connectivity index (χ1) is 9.41. The third-order valence-corrected chi connectivity index (χ3v) is 4.12. The molecule has 1 aliphatic rings. The van der Waals surface area contributed by atoms with E-state index in [1.54, 1.807) is 0 Å². The average Bonchev–Trinajstić information content (AvgIpc) is 2.83. The van der Waals surface area contributed by atoms with E-state index in [0.29, 0.717) is 25.0 Å². The summed E-state index contributed by atoms with van der Waals surface area (Å²) in [6.45, 7) is 0. The molecule has 1 saturated carbocycles. The highest BCUT2D eigenvalue weighted by molar-refractivity contribution is 7.98. The quantitative estimate of drug-likeness (QED) is 0.538. The van der Waals surface area contributed by atoms with Crippen LogP contribution in [-0.4, -0.2) is 46.6 Å². The lowest BCUT2D eigenvalue weighted by atomic mass is 9.97. The molecule has 7 nitrogen and oxygen atoms in total. The van der Waals surface area contributed by atoms with Gasteiger partial charge < -0.3 is 21.5 Å². The molecule has 1 aliphatic carbocycles. The zero-order chi connectivity index (χ0) is 15.2. The number of hydrogen-bond donors (Lipinski definition) is 4. The van der Waals surface area contributed by atoms with E-state index in [-0.39, 0.29) is 0 Å². The molecule has 1 rings (SSSR count). The molecule has 3 amide bonds. The number of rotatable bonds is 7. The third-order valence-electron chi connectivity index (χ3n) is 3.47. The van der Waals surface area contributed by atoms with Crippen LogP contribution in [0.4, 0.5) is 4.79 Å². The van der Waals surface area contributed by atoms with Gasteiger partial charge in [0, 0.05) is 0 Å². The summed E-state index contributed by atoms with van der Waals surface area (Å²) < 4.78 is 0. The number of nitrogens with one attached hydrogen (secondary N) is 2. The van der Waals surface area contributed by atoms with Crippen LogP contribution >= 0.6 is 11.8 Å². The summed E-state index contributed by atoms with van der Waals surface area (Å²) in [6, 6.07) is -1.58. The number of urea groups is 1. The Morgan fingerprint density at radius 2 is 1.95 bits per heavy atom. The molecule has 0 aromatic heterocycles. The highest BCUT2D eigenvalue weighted by Crippen LogP contribution is 2.30. The molecular weight excluding hydrogens is 282 g/mol. The first-order valence-corrected chi connectivity index (χ1v) is 7.91. The lowest BCUT2D eigenvalue weighted by molar-refractivity contribution is -0.147. The van der Waals surface area contributed by atoms with Crippen molar-refractivity contribution in [1.29, 1.82) is 0 Å². The topological polar surface area (TPSA) is 122 Å². The van der Waals surface area contributed by atoms with Crippen LogP contribution in [0.2, 0.25) is 0 Å². The number of primary amides is 1. The van der Waals surface area contributed by atoms with Gasteiger partial charge in [-0.15, -0.1) is 0 Å². The number of carboxylic acids is 1. The number of nitrogens with two attached hydrogens (primary N) is 1. The van der Waals surface area contributed by atoms with E-state index in [4.69, 9.17) is 5.73 Å². The molecule has 114 valence electrons. The second-order valence-electron chi connectivity index (χ2n) is 4.93. The Morgan fingerprint density at radius 1 is 1.35 bits per heavy atom. The summed E-state index contributed by atoms with van der Waals surface area (Å²) in [5.41, 5.74) is 3.85. The molecule has 0 radical (unpaired) electrons. The maximum absolute atomic E-state index is 12.2. The number of carboxylic acid groups (broad SMARTS) is 1. The predicted octanol–water partition coefficient (Wildman–Crippen LogP) is 0.290. The van der Waals surface area contributed by atoms with Crippen molar-refractivity contribution in [3.63, 3.8) is 0 Å². The molecule has 0 saturated heterocycles. The first kappa shape index (κ1) is 16.6. The van der Waals surface area contributed by atoms with Crippen LogP contribution in [0.5, 0.6) is 0 Å². The minimum Gasteiger partial charge on any atom is -0.480 e. The van der Waals surface area contributed by atoms with Gasteiger partial charge in [0.15, 0.2) is 0 Å². The second kappa shape index (κ2) is 7.37. The van der Waals surface area contributed by atoms with Crippen molar-refractivity contribution in [2.75, 3.05) is 12.0 Å². The van der Waals surface area contributed by atoms with Crippen LogP contribution in [0.25, 0.3) is 0 Å². The fraction of sp³-hybridized carbons (Fsp3) is 0.750. The van der Waals surface area contributed by atoms with Gasteiger partial charge in [-0.05, 0) is 31.3 Å². The number of carbonyl (C=O) groups is 3. The van der Waals surface area contributed by atoms with Gasteiger partial charge in [-0.3, -0.25) is 4.79 Å². The monoisotopic (exact) mass is 303 g/mol. The second-order valence-corrected chi connectivity index (χ2v) is 5.91. The first-order valence-electron chi connectivity index (χ1n) is 6.51. The largest absolute Gasteiger partial charge is 0.480 e. The predicted molar refractivity (Wildman–Crippen MR) is 76.5 cm³/mol. The Morgan fingerprint density at radius 3 is 2.40 bits per heavy atom. The Labute approximate surface area is 122 Å². The summed E-state index contributed by atoms with van der Waals surface area (Å²) in [6.07, 6.45) is 4.66. The third kappa shape index (κ3) is 4.29. The summed E-state index contributed by atoms with van der Waals surface area (Å²) in [5, 5.41) is 14.3. The Hall–Kier alpha value is -1.44. The van der Waals surface area contributed by atoms with Gasteiger partial charge in [0.05, 0.1) is 0 Å². The zero-order valence-corrected chi connectivity index (χ0v) is 12.3. The molecule has 0 spiro atoms. The van der Waals surface area contributed by atoms with Gasteiger partial charge in [0.25, 0.3) is 0 Å². The SMILES string of the molecule is CSCCC(NC(N)=O)C(=O)NC1(C(=O)O)CCCC1. The van der Waals surface area contributed by atoms with Crippen LogP contribution in [0.15, 0.2) is 0 Å². The number of hydrogen-bond acceptors (Lipinski definition) is 4. The lowest BCUT2D eigenvalue weighted by Crippen LogP contribution is -2.58. The molecule has 1 unspecified atom stereocenters. The standard InChI is InChI=1S/C12H21N3O4S/c1-20-7-4-8(14-11(13)19)9(16)15-12(10(17)18)5-2-3-6-12/h8H,2-7H2,1H3,(H,15,16)(H,17,18)(H3,13,14,19). The van der Waals surface area contributed by atoms with Gasteiger partial charge in [-0.2, -0.15) is 11.8 Å². The van der Waals surface area contributed by atoms with Crippen LogP contribution in [-0.2, 0) is 9.59 Å². The maximum atomic E-state index is 12.2. The smallest absolute Gasteiger partial charge is 0.329 e. The van der Waals surface area contributed by atoms with Crippen molar-refractivity contribution < 1.29 is 19.5 Å². The zero-order valence-electron chi connectivity index (χ0n) is 11.5. The van der Waals surface area contributed by atoms with E-state index >= 15 is 0 Å². The van der Waals surface area contributed by atoms with Crippen LogP contribution in [0, 0.1) is 0 Å². The van der Waals surface area contributed by atoms with E-state index in [1.165, 1.54) is 11.8 Å². The van der Waals surface area contributed by atoms with Crippen molar-refractivity contribution in [1.82, 2.24) is 10.6 Å². The Bertz CT molecular complexity index is 383. The molecule has 0 aliphatic heterocycles. The fourth-order valence-corrected chi connectivity index (χ4v) is 2.84. The van der Waals surface area contributed by atoms with Gasteiger partial charge >= 0.3 is 12.0 Å². The van der Waals surface area contributed by atoms with E-state index in [2.05, 4.69) is 10.6 Å². The normalized spacial score (nSPS) is 18.2. The lowest BCUT2D eigenvalue weighted by Gasteiger charge is -2.28. The fourth-order valence-electron chi connectivity index (χ4n) is 2.37. The molecule has 0 aromatic carbocycles. The average molecular weight is 303 g/mol. The van der Waals surface area contributed by atoms with Gasteiger partial charge in [0.2, 0.25) is 5.91 Å². The molecule has 20 heavy (non-hydrogen) atoms. The molecule has 0 bridgehead atoms. The van der Waals surface area contributed by atoms with Gasteiger partial charge in [-0.1, -0.05) is 12.8 Å². The van der Waals surface area contributed by atoms with Crippen LogP contribution < -0.4 is 16.4 Å². The number of thioether (sulfide) groups is 1. The summed E-state index contributed by atoms with van der Waals surface area (Å²) in [4.78, 5) is 34.5. The van der Waals surface area contributed by atoms with Gasteiger partial charge in [0.1, 0.15) is 11.6 Å². The molecule has 0 aromatic rings. The van der Waals surface area contributed by atoms with Crippen molar-refractivity contribution in [3.8, 4) is 0 Å². The van der Waals surface area contributed by atoms with Crippen LogP contribution in [0.3, 0.4) is 0 Å². The minimum atomic E-state index is -1.20. The van der Waals surface area contributed by atoms with E-state index in [0.717, 1.165) is 12.8 Å². The minimum absolute atomic E-state index is 0.408. The highest BCUT2D eigenvalue weighted by atomic mass is 32.2. The van der Waals surface area contributed by atoms with Crippen molar-refractivity contribution in [3.05, 3.63) is 0 Å². The van der Waals surface area contributed by atoms with Crippen molar-refractivity contribution in [2.24, 2.45) is 5.73 Å². The van der Waals surface area contributed by atoms with E-state index < -0.39 is 29.5 Å². The highest BCUT2D eigenvalue weighted by Gasteiger charge is 2.43. The number of carbonyl (C=O) groups excluding carboxylic acids is 2. The van der Waals surface area contributed by atoms with Crippen molar-refractivity contribution >= 4 is 29.7 Å². The molecule has 8 heteroatoms. The Kier molecular flexibility index (Phi) is 6.12. The molecule has 1 fully saturated rings.